The SMILES string of the molecule is CC(C)N1CCC(NC(=O)c2c(=O)c3cnc(N4C[C@H]5CN(C)C[C@H]5C4)nc3n3c2sc2ccccc23)CC1. The van der Waals surface area contributed by atoms with Crippen molar-refractivity contribution in [2.24, 2.45) is 11.8 Å². The molecule has 9 nitrogen and oxygen atoms in total. The third-order valence-electron chi connectivity index (χ3n) is 8.94. The molecule has 10 heteroatoms. The van der Waals surface area contributed by atoms with E-state index in [0.29, 0.717) is 39.7 Å². The molecule has 0 radical (unpaired) electrons. The molecule has 4 aromatic rings. The van der Waals surface area contributed by atoms with Gasteiger partial charge in [-0.1, -0.05) is 12.1 Å². The highest BCUT2D eigenvalue weighted by Gasteiger charge is 2.39. The first kappa shape index (κ1) is 24.9. The van der Waals surface area contributed by atoms with Crippen LogP contribution >= 0.6 is 11.3 Å². The van der Waals surface area contributed by atoms with Crippen LogP contribution in [0.15, 0.2) is 35.3 Å². The van der Waals surface area contributed by atoms with Gasteiger partial charge in [0.2, 0.25) is 11.4 Å². The Morgan fingerprint density at radius 1 is 1.08 bits per heavy atom. The number of nitrogens with zero attached hydrogens (tertiary/aromatic N) is 6. The van der Waals surface area contributed by atoms with Gasteiger partial charge in [0.05, 0.1) is 15.6 Å². The molecule has 3 aromatic heterocycles. The van der Waals surface area contributed by atoms with Gasteiger partial charge >= 0.3 is 0 Å². The van der Waals surface area contributed by atoms with Crippen molar-refractivity contribution in [2.45, 2.75) is 38.8 Å². The van der Waals surface area contributed by atoms with Gasteiger partial charge in [0.15, 0.2) is 5.65 Å². The van der Waals surface area contributed by atoms with E-state index in [1.165, 1.54) is 11.3 Å². The average Bonchev–Trinajstić information content (AvgIpc) is 3.59. The lowest BCUT2D eigenvalue weighted by Gasteiger charge is -2.34. The van der Waals surface area contributed by atoms with Crippen LogP contribution in [0.25, 0.3) is 26.1 Å². The number of benzene rings is 1. The van der Waals surface area contributed by atoms with Crippen molar-refractivity contribution < 1.29 is 4.79 Å². The highest BCUT2D eigenvalue weighted by Crippen LogP contribution is 2.34. The third-order valence-corrected chi connectivity index (χ3v) is 10.1. The van der Waals surface area contributed by atoms with Gasteiger partial charge in [0, 0.05) is 57.5 Å². The summed E-state index contributed by atoms with van der Waals surface area (Å²) >= 11 is 1.48. The minimum atomic E-state index is -0.297. The predicted octanol–water partition coefficient (Wildman–Crippen LogP) is 3.06. The van der Waals surface area contributed by atoms with Crippen molar-refractivity contribution in [3.05, 3.63) is 46.2 Å². The number of piperidine rings is 1. The van der Waals surface area contributed by atoms with Crippen LogP contribution in [0.1, 0.15) is 37.0 Å². The second-order valence-electron chi connectivity index (χ2n) is 11.8. The number of anilines is 1. The maximum absolute atomic E-state index is 13.9. The molecule has 1 N–H and O–H groups in total. The number of rotatable bonds is 4. The lowest BCUT2D eigenvalue weighted by molar-refractivity contribution is 0.0901. The standard InChI is InChI=1S/C29H35N7O2S/c1-17(2)34-10-8-20(9-11-34)31-27(38)24-25(37)21-12-30-29(35-15-18-13-33(3)14-19(18)16-35)32-26(21)36-22-6-4-5-7-23(22)39-28(24)36/h4-7,12,17-20H,8-11,13-16H2,1-3H3,(H,31,38)/t18-,19+. The van der Waals surface area contributed by atoms with E-state index >= 15 is 0 Å². The minimum Gasteiger partial charge on any atom is -0.349 e. The second kappa shape index (κ2) is 9.53. The molecule has 3 fully saturated rings. The summed E-state index contributed by atoms with van der Waals surface area (Å²) in [4.78, 5) is 45.0. The van der Waals surface area contributed by atoms with Gasteiger partial charge in [-0.25, -0.2) is 4.98 Å². The summed E-state index contributed by atoms with van der Waals surface area (Å²) in [6.07, 6.45) is 3.40. The molecule has 204 valence electrons. The fraction of sp³-hybridized carbons (Fsp3) is 0.517. The maximum atomic E-state index is 13.9. The number of carbonyl (C=O) groups is 1. The zero-order chi connectivity index (χ0) is 26.8. The Morgan fingerprint density at radius 3 is 2.51 bits per heavy atom. The molecule has 0 aliphatic carbocycles. The van der Waals surface area contributed by atoms with Crippen molar-refractivity contribution in [3.63, 3.8) is 0 Å². The number of pyridine rings is 1. The molecule has 39 heavy (non-hydrogen) atoms. The van der Waals surface area contributed by atoms with E-state index in [1.54, 1.807) is 6.20 Å². The van der Waals surface area contributed by atoms with Crippen LogP contribution in [-0.2, 0) is 0 Å². The molecule has 3 aliphatic rings. The number of likely N-dealkylation sites (tertiary alicyclic amines) is 2. The van der Waals surface area contributed by atoms with Gasteiger partial charge in [0.25, 0.3) is 5.91 Å². The van der Waals surface area contributed by atoms with Crippen molar-refractivity contribution in [1.29, 1.82) is 0 Å². The second-order valence-corrected chi connectivity index (χ2v) is 12.9. The number of thiazole rings is 1. The van der Waals surface area contributed by atoms with Gasteiger partial charge in [-0.05, 0) is 57.7 Å². The zero-order valence-corrected chi connectivity index (χ0v) is 23.6. The molecule has 7 rings (SSSR count). The first-order valence-corrected chi connectivity index (χ1v) is 14.9. The summed E-state index contributed by atoms with van der Waals surface area (Å²) in [5.41, 5.74) is 1.44. The fourth-order valence-electron chi connectivity index (χ4n) is 6.85. The zero-order valence-electron chi connectivity index (χ0n) is 22.8. The van der Waals surface area contributed by atoms with Gasteiger partial charge in [0.1, 0.15) is 10.4 Å². The third kappa shape index (κ3) is 4.20. The summed E-state index contributed by atoms with van der Waals surface area (Å²) < 4.78 is 3.02. The van der Waals surface area contributed by atoms with E-state index in [1.807, 2.05) is 28.7 Å². The Morgan fingerprint density at radius 2 is 1.79 bits per heavy atom. The average molecular weight is 546 g/mol. The topological polar surface area (TPSA) is 86.1 Å². The quantitative estimate of drug-likeness (QED) is 0.422. The molecular formula is C29H35N7O2S. The van der Waals surface area contributed by atoms with Crippen LogP contribution in [0.5, 0.6) is 0 Å². The molecule has 0 unspecified atom stereocenters. The van der Waals surface area contributed by atoms with Crippen LogP contribution in [-0.4, -0.2) is 88.5 Å². The van der Waals surface area contributed by atoms with E-state index < -0.39 is 0 Å². The molecule has 6 heterocycles. The molecule has 0 saturated carbocycles. The summed E-state index contributed by atoms with van der Waals surface area (Å²) in [6, 6.07) is 8.60. The van der Waals surface area contributed by atoms with Crippen molar-refractivity contribution >= 4 is 49.3 Å². The molecule has 0 bridgehead atoms. The van der Waals surface area contributed by atoms with Crippen molar-refractivity contribution in [3.8, 4) is 0 Å². The smallest absolute Gasteiger partial charge is 0.258 e. The lowest BCUT2D eigenvalue weighted by Crippen LogP contribution is -2.47. The molecule has 3 saturated heterocycles. The molecule has 3 aliphatic heterocycles. The first-order valence-electron chi connectivity index (χ1n) is 14.1. The minimum absolute atomic E-state index is 0.0596. The van der Waals surface area contributed by atoms with Gasteiger partial charge in [-0.3, -0.25) is 14.0 Å². The highest BCUT2D eigenvalue weighted by molar-refractivity contribution is 7.24. The Bertz CT molecular complexity index is 1620. The predicted molar refractivity (Wildman–Crippen MR) is 156 cm³/mol. The van der Waals surface area contributed by atoms with Crippen LogP contribution in [0.4, 0.5) is 5.95 Å². The molecule has 1 aromatic carbocycles. The van der Waals surface area contributed by atoms with Crippen LogP contribution in [0.2, 0.25) is 0 Å². The number of hydrogen-bond donors (Lipinski definition) is 1. The normalized spacial score (nSPS) is 23.0. The Labute approximate surface area is 231 Å². The van der Waals surface area contributed by atoms with Crippen LogP contribution < -0.4 is 15.6 Å². The monoisotopic (exact) mass is 545 g/mol. The van der Waals surface area contributed by atoms with Gasteiger partial charge in [-0.15, -0.1) is 11.3 Å². The van der Waals surface area contributed by atoms with Crippen LogP contribution in [0, 0.1) is 11.8 Å². The fourth-order valence-corrected chi connectivity index (χ4v) is 8.03. The molecule has 2 atom stereocenters. The summed E-state index contributed by atoms with van der Waals surface area (Å²) in [6.45, 7) is 10.4. The number of hydrogen-bond acceptors (Lipinski definition) is 8. The largest absolute Gasteiger partial charge is 0.349 e. The number of nitrogens with one attached hydrogen (secondary N) is 1. The first-order chi connectivity index (χ1) is 18.9. The van der Waals surface area contributed by atoms with Crippen LogP contribution in [0.3, 0.4) is 0 Å². The van der Waals surface area contributed by atoms with Gasteiger partial charge in [-0.2, -0.15) is 4.98 Å². The Kier molecular flexibility index (Phi) is 6.09. The molecular weight excluding hydrogens is 510 g/mol. The summed E-state index contributed by atoms with van der Waals surface area (Å²) in [5.74, 6) is 1.61. The number of fused-ring (bicyclic) bond motifs is 6. The number of para-hydroxylation sites is 1. The number of amides is 1. The van der Waals surface area contributed by atoms with Crippen molar-refractivity contribution in [2.75, 3.05) is 51.2 Å². The molecule has 1 amide bonds. The highest BCUT2D eigenvalue weighted by atomic mass is 32.1. The number of aromatic nitrogens is 3. The molecule has 0 spiro atoms. The number of carbonyl (C=O) groups excluding carboxylic acids is 1. The van der Waals surface area contributed by atoms with E-state index in [-0.39, 0.29) is 22.9 Å². The Hall–Kier alpha value is -3.08. The van der Waals surface area contributed by atoms with E-state index in [9.17, 15) is 9.59 Å². The van der Waals surface area contributed by atoms with Crippen molar-refractivity contribution in [1.82, 2.24) is 29.5 Å². The van der Waals surface area contributed by atoms with E-state index in [4.69, 9.17) is 4.98 Å². The van der Waals surface area contributed by atoms with E-state index in [0.717, 1.165) is 62.3 Å². The lowest BCUT2D eigenvalue weighted by atomic mass is 10.0. The van der Waals surface area contributed by atoms with E-state index in [2.05, 4.69) is 45.9 Å². The summed E-state index contributed by atoms with van der Waals surface area (Å²) in [7, 11) is 2.18. The van der Waals surface area contributed by atoms with Gasteiger partial charge < -0.3 is 20.0 Å². The Balaban J connectivity index is 1.30. The maximum Gasteiger partial charge on any atom is 0.258 e. The summed E-state index contributed by atoms with van der Waals surface area (Å²) in [5, 5.41) is 3.58.